The van der Waals surface area contributed by atoms with Crippen LogP contribution in [0.15, 0.2) is 11.4 Å². The number of halogens is 3. The maximum Gasteiger partial charge on any atom is 0.435 e. The average molecular weight is 391 g/mol. The van der Waals surface area contributed by atoms with E-state index in [1.807, 2.05) is 0 Å². The van der Waals surface area contributed by atoms with Crippen molar-refractivity contribution in [1.82, 2.24) is 25.6 Å². The summed E-state index contributed by atoms with van der Waals surface area (Å²) >= 11 is 1.21. The van der Waals surface area contributed by atoms with E-state index in [9.17, 15) is 18.0 Å². The van der Waals surface area contributed by atoms with Crippen LogP contribution in [0.5, 0.6) is 0 Å². The van der Waals surface area contributed by atoms with Gasteiger partial charge < -0.3 is 10.6 Å². The van der Waals surface area contributed by atoms with E-state index in [0.29, 0.717) is 11.7 Å². The van der Waals surface area contributed by atoms with Crippen LogP contribution in [0.25, 0.3) is 0 Å². The molecule has 0 radical (unpaired) electrons. The number of aryl methyl sites for hydroxylation is 1. The number of nitrogens with one attached hydrogen (secondary N) is 4. The minimum atomic E-state index is -4.55. The van der Waals surface area contributed by atoms with Crippen LogP contribution in [0.4, 0.5) is 18.3 Å². The first kappa shape index (κ1) is 19.7. The van der Waals surface area contributed by atoms with Gasteiger partial charge in [-0.25, -0.2) is 4.98 Å². The van der Waals surface area contributed by atoms with Crippen molar-refractivity contribution < 1.29 is 23.2 Å². The van der Waals surface area contributed by atoms with Gasteiger partial charge in [-0.15, -0.1) is 11.3 Å². The van der Waals surface area contributed by atoms with Crippen molar-refractivity contribution in [1.29, 1.82) is 5.41 Å². The number of nitrogens with zero attached hydrogens (tertiary/aromatic N) is 3. The average Bonchev–Trinajstić information content (AvgIpc) is 3.18. The van der Waals surface area contributed by atoms with Gasteiger partial charge in [0, 0.05) is 24.2 Å². The highest BCUT2D eigenvalue weighted by Crippen LogP contribution is 2.28. The molecule has 0 aliphatic heterocycles. The molecule has 0 aliphatic rings. The van der Waals surface area contributed by atoms with Gasteiger partial charge in [-0.2, -0.15) is 18.3 Å². The fourth-order valence-electron chi connectivity index (χ4n) is 1.90. The quantitative estimate of drug-likeness (QED) is 0.209. The molecule has 26 heavy (non-hydrogen) atoms. The van der Waals surface area contributed by atoms with Crippen LogP contribution in [-0.4, -0.2) is 44.8 Å². The topological polar surface area (TPSA) is 128 Å². The second-order valence-corrected chi connectivity index (χ2v) is 5.99. The van der Waals surface area contributed by atoms with Crippen LogP contribution in [-0.2, 0) is 17.5 Å². The predicted molar refractivity (Wildman–Crippen MR) is 87.3 cm³/mol. The molecule has 0 atom stereocenters. The van der Waals surface area contributed by atoms with Gasteiger partial charge in [0.25, 0.3) is 0 Å². The molecule has 9 nitrogen and oxygen atoms in total. The molecule has 13 heteroatoms. The van der Waals surface area contributed by atoms with Gasteiger partial charge in [-0.3, -0.25) is 25.6 Å². The van der Waals surface area contributed by atoms with E-state index in [0.717, 1.165) is 10.7 Å². The molecule has 142 valence electrons. The first-order valence-corrected chi connectivity index (χ1v) is 8.15. The number of alkyl halides is 3. The number of rotatable bonds is 7. The summed E-state index contributed by atoms with van der Waals surface area (Å²) in [5.74, 6) is -0.715. The van der Waals surface area contributed by atoms with Gasteiger partial charge in [0.05, 0.1) is 0 Å². The van der Waals surface area contributed by atoms with Gasteiger partial charge in [0.2, 0.25) is 5.91 Å². The first-order valence-electron chi connectivity index (χ1n) is 7.27. The molecular weight excluding hydrogens is 375 g/mol. The largest absolute Gasteiger partial charge is 0.435 e. The number of hydrogen-bond acceptors (Lipinski definition) is 7. The molecule has 0 spiro atoms. The first-order chi connectivity index (χ1) is 12.2. The highest BCUT2D eigenvalue weighted by Gasteiger charge is 2.34. The molecule has 0 unspecified atom stereocenters. The second-order valence-electron chi connectivity index (χ2n) is 5.13. The van der Waals surface area contributed by atoms with Gasteiger partial charge in [-0.05, 0) is 13.0 Å². The summed E-state index contributed by atoms with van der Waals surface area (Å²) in [5, 5.41) is 26.9. The summed E-state index contributed by atoms with van der Waals surface area (Å²) in [6, 6.07) is 0.883. The number of anilines is 1. The molecule has 0 saturated carbocycles. The van der Waals surface area contributed by atoms with Crippen molar-refractivity contribution in [3.05, 3.63) is 28.5 Å². The third kappa shape index (κ3) is 5.16. The summed E-state index contributed by atoms with van der Waals surface area (Å²) < 4.78 is 38.7. The summed E-state index contributed by atoms with van der Waals surface area (Å²) in [5.41, 5.74) is 1.14. The number of hydroxylamine groups is 1. The van der Waals surface area contributed by atoms with Crippen LogP contribution >= 0.6 is 11.3 Å². The van der Waals surface area contributed by atoms with Gasteiger partial charge >= 0.3 is 6.18 Å². The van der Waals surface area contributed by atoms with E-state index in [2.05, 4.69) is 20.7 Å². The van der Waals surface area contributed by atoms with E-state index in [-0.39, 0.29) is 30.3 Å². The molecule has 0 aliphatic carbocycles. The molecule has 0 fully saturated rings. The van der Waals surface area contributed by atoms with E-state index in [1.54, 1.807) is 10.9 Å². The molecule has 0 bridgehead atoms. The smallest absolute Gasteiger partial charge is 0.360 e. The van der Waals surface area contributed by atoms with E-state index >= 15 is 0 Å². The molecule has 2 rings (SSSR count). The van der Waals surface area contributed by atoms with E-state index in [4.69, 9.17) is 10.6 Å². The highest BCUT2D eigenvalue weighted by molar-refractivity contribution is 7.13. The second kappa shape index (κ2) is 8.14. The Bertz CT molecular complexity index is 787. The van der Waals surface area contributed by atoms with Crippen LogP contribution in [0.1, 0.15) is 17.1 Å². The number of aromatic nitrogens is 3. The van der Waals surface area contributed by atoms with Gasteiger partial charge in [-0.1, -0.05) is 0 Å². The molecule has 1 amide bonds. The minimum Gasteiger partial charge on any atom is -0.360 e. The summed E-state index contributed by atoms with van der Waals surface area (Å²) in [4.78, 5) is 15.8. The Kier molecular flexibility index (Phi) is 6.15. The molecule has 5 N–H and O–H groups in total. The van der Waals surface area contributed by atoms with Crippen LogP contribution in [0.2, 0.25) is 0 Å². The Morgan fingerprint density at radius 2 is 2.15 bits per heavy atom. The Balaban J connectivity index is 1.76. The van der Waals surface area contributed by atoms with Crippen molar-refractivity contribution in [2.45, 2.75) is 19.6 Å². The van der Waals surface area contributed by atoms with Crippen molar-refractivity contribution in [3.8, 4) is 0 Å². The summed E-state index contributed by atoms with van der Waals surface area (Å²) in [7, 11) is 0. The number of carbonyl (C=O) groups excluding carboxylic acids is 1. The Morgan fingerprint density at radius 3 is 2.77 bits per heavy atom. The number of carbonyl (C=O) groups is 1. The lowest BCUT2D eigenvalue weighted by Crippen LogP contribution is -2.32. The predicted octanol–water partition coefficient (Wildman–Crippen LogP) is 1.20. The Labute approximate surface area is 149 Å². The lowest BCUT2D eigenvalue weighted by Gasteiger charge is -2.07. The fraction of sp³-hybridized carbons (Fsp3) is 0.385. The zero-order chi connectivity index (χ0) is 19.3. The molecular formula is C13H16F3N7O2S. The van der Waals surface area contributed by atoms with Crippen LogP contribution in [0.3, 0.4) is 0 Å². The third-order valence-corrected chi connectivity index (χ3v) is 3.96. The monoisotopic (exact) mass is 391 g/mol. The standard InChI is InChI=1S/C13H16F3N7O2S/c1-7-4-9(13(14,15)16)21-23(7)5-10(24)18-2-3-19-12-20-8(6-26-12)11(17)22-25/h4,6,25H,2-3,5H2,1H3,(H2,17,22)(H,18,24)(H,19,20). The SMILES string of the molecule is Cc1cc(C(F)(F)F)nn1CC(=O)NCCNc1nc(C(=N)NO)cs1. The van der Waals surface area contributed by atoms with Crippen LogP contribution in [0, 0.1) is 12.3 Å². The highest BCUT2D eigenvalue weighted by atomic mass is 32.1. The van der Waals surface area contributed by atoms with Gasteiger partial charge in [0.1, 0.15) is 12.2 Å². The van der Waals surface area contributed by atoms with Gasteiger partial charge in [0.15, 0.2) is 16.7 Å². The maximum absolute atomic E-state index is 12.6. The van der Waals surface area contributed by atoms with Crippen molar-refractivity contribution >= 4 is 28.2 Å². The van der Waals surface area contributed by atoms with Crippen molar-refractivity contribution in [2.75, 3.05) is 18.4 Å². The zero-order valence-corrected chi connectivity index (χ0v) is 14.3. The summed E-state index contributed by atoms with van der Waals surface area (Å²) in [6.45, 7) is 1.67. The number of amidine groups is 1. The van der Waals surface area contributed by atoms with Crippen molar-refractivity contribution in [3.63, 3.8) is 0 Å². The molecule has 2 aromatic heterocycles. The maximum atomic E-state index is 12.6. The van der Waals surface area contributed by atoms with E-state index in [1.165, 1.54) is 18.3 Å². The molecule has 2 heterocycles. The molecule has 2 aromatic rings. The Morgan fingerprint density at radius 1 is 1.42 bits per heavy atom. The number of hydrogen-bond donors (Lipinski definition) is 5. The van der Waals surface area contributed by atoms with Crippen molar-refractivity contribution in [2.24, 2.45) is 0 Å². The molecule has 0 aromatic carbocycles. The zero-order valence-electron chi connectivity index (χ0n) is 13.5. The Hall–Kier alpha value is -2.67. The normalized spacial score (nSPS) is 11.3. The number of thiazole rings is 1. The molecule has 0 saturated heterocycles. The summed E-state index contributed by atoms with van der Waals surface area (Å²) in [6.07, 6.45) is -4.55. The fourth-order valence-corrected chi connectivity index (χ4v) is 2.63. The number of amides is 1. The third-order valence-electron chi connectivity index (χ3n) is 3.16. The van der Waals surface area contributed by atoms with Crippen LogP contribution < -0.4 is 16.1 Å². The van der Waals surface area contributed by atoms with E-state index < -0.39 is 17.8 Å². The lowest BCUT2D eigenvalue weighted by atomic mass is 10.3. The lowest BCUT2D eigenvalue weighted by molar-refractivity contribution is -0.141. The minimum absolute atomic E-state index is 0.218.